The zero-order valence-electron chi connectivity index (χ0n) is 64.3. The fourth-order valence-electron chi connectivity index (χ4n) is 11.8. The number of aliphatic hydroxyl groups excluding tert-OH is 1. The lowest BCUT2D eigenvalue weighted by Gasteiger charge is -2.21. The number of unbranched alkanes of at least 4 members (excludes halogenated alkanes) is 44. The number of rotatable bonds is 77. The van der Waals surface area contributed by atoms with Gasteiger partial charge in [-0.15, -0.1) is 0 Å². The van der Waals surface area contributed by atoms with E-state index >= 15 is 0 Å². The topological polar surface area (TPSA) is 237 Å². The van der Waals surface area contributed by atoms with Crippen molar-refractivity contribution in [1.82, 2.24) is 0 Å². The van der Waals surface area contributed by atoms with Crippen LogP contribution < -0.4 is 0 Å². The van der Waals surface area contributed by atoms with E-state index in [1.807, 2.05) is 0 Å². The van der Waals surface area contributed by atoms with Gasteiger partial charge in [-0.25, -0.2) is 9.13 Å². The average molecular weight is 1450 g/mol. The van der Waals surface area contributed by atoms with E-state index in [-0.39, 0.29) is 25.7 Å². The van der Waals surface area contributed by atoms with Gasteiger partial charge in [0.25, 0.3) is 0 Å². The molecule has 2 unspecified atom stereocenters. The third kappa shape index (κ3) is 73.6. The number of carbonyl (C=O) groups is 4. The number of carbonyl (C=O) groups excluding carboxylic acids is 4. The van der Waals surface area contributed by atoms with Crippen LogP contribution in [0.25, 0.3) is 0 Å². The number of hydrogen-bond acceptors (Lipinski definition) is 15. The van der Waals surface area contributed by atoms with Crippen LogP contribution in [0.2, 0.25) is 0 Å². The van der Waals surface area contributed by atoms with E-state index in [1.165, 1.54) is 193 Å². The Labute approximate surface area is 605 Å². The summed E-state index contributed by atoms with van der Waals surface area (Å²) in [6.07, 6.45) is 63.3. The van der Waals surface area contributed by atoms with Crippen molar-refractivity contribution in [3.63, 3.8) is 0 Å². The molecule has 3 N–H and O–H groups in total. The molecular weight excluding hydrogens is 1290 g/mol. The van der Waals surface area contributed by atoms with Gasteiger partial charge in [0, 0.05) is 25.7 Å². The van der Waals surface area contributed by atoms with Gasteiger partial charge in [0.2, 0.25) is 0 Å². The number of hydrogen-bond donors (Lipinski definition) is 3. The van der Waals surface area contributed by atoms with Crippen LogP contribution in [0.3, 0.4) is 0 Å². The number of phosphoric acid groups is 2. The first-order chi connectivity index (χ1) is 47.9. The summed E-state index contributed by atoms with van der Waals surface area (Å²) in [5.74, 6) is -0.638. The summed E-state index contributed by atoms with van der Waals surface area (Å²) in [4.78, 5) is 72.9. The van der Waals surface area contributed by atoms with Crippen molar-refractivity contribution in [3.05, 3.63) is 24.3 Å². The van der Waals surface area contributed by atoms with Gasteiger partial charge in [-0.05, 0) is 63.2 Å². The summed E-state index contributed by atoms with van der Waals surface area (Å²) < 4.78 is 68.6. The Kier molecular flexibility index (Phi) is 69.4. The lowest BCUT2D eigenvalue weighted by molar-refractivity contribution is -0.161. The fraction of sp³-hybridized carbons (Fsp3) is 0.900. The highest BCUT2D eigenvalue weighted by Gasteiger charge is 2.30. The molecule has 0 saturated carbocycles. The second kappa shape index (κ2) is 71.2. The second-order valence-corrected chi connectivity index (χ2v) is 32.0. The number of esters is 4. The number of allylic oxidation sites excluding steroid dienone is 4. The third-order valence-electron chi connectivity index (χ3n) is 18.1. The summed E-state index contributed by atoms with van der Waals surface area (Å²) in [6, 6.07) is 0. The summed E-state index contributed by atoms with van der Waals surface area (Å²) >= 11 is 0. The number of ether oxygens (including phenoxy) is 4. The summed E-state index contributed by atoms with van der Waals surface area (Å²) in [6.45, 7) is 9.53. The van der Waals surface area contributed by atoms with Crippen molar-refractivity contribution >= 4 is 39.5 Å². The molecular formula is C80H152O17P2. The van der Waals surface area contributed by atoms with E-state index in [1.54, 1.807) is 0 Å². The summed E-state index contributed by atoms with van der Waals surface area (Å²) in [5.41, 5.74) is 0. The molecule has 0 fully saturated rings. The van der Waals surface area contributed by atoms with E-state index in [9.17, 15) is 43.2 Å². The Hall–Kier alpha value is -2.46. The Morgan fingerprint density at radius 2 is 0.545 bits per heavy atom. The zero-order valence-corrected chi connectivity index (χ0v) is 66.1. The zero-order chi connectivity index (χ0) is 72.8. The van der Waals surface area contributed by atoms with Gasteiger partial charge in [-0.3, -0.25) is 37.3 Å². The lowest BCUT2D eigenvalue weighted by Crippen LogP contribution is -2.30. The van der Waals surface area contributed by atoms with Gasteiger partial charge in [0.15, 0.2) is 12.2 Å². The fourth-order valence-corrected chi connectivity index (χ4v) is 13.4. The minimum Gasteiger partial charge on any atom is -0.462 e. The van der Waals surface area contributed by atoms with Gasteiger partial charge in [-0.2, -0.15) is 0 Å². The van der Waals surface area contributed by atoms with Gasteiger partial charge in [0.05, 0.1) is 26.4 Å². The first-order valence-electron chi connectivity index (χ1n) is 40.8. The first-order valence-corrected chi connectivity index (χ1v) is 43.8. The molecule has 19 heteroatoms. The molecule has 5 atom stereocenters. The van der Waals surface area contributed by atoms with Crippen molar-refractivity contribution in [2.24, 2.45) is 11.8 Å². The maximum atomic E-state index is 13.1. The van der Waals surface area contributed by atoms with E-state index in [0.717, 1.165) is 115 Å². The molecule has 584 valence electrons. The van der Waals surface area contributed by atoms with Crippen molar-refractivity contribution < 1.29 is 80.2 Å². The standard InChI is InChI=1S/C80H152O17P2/c1-7-9-11-13-15-17-19-21-23-27-30-34-38-44-50-56-62-77(82)90-68-75(96-79(84)65-59-53-46-40-36-32-28-24-26-29-33-37-42-48-54-60-72(3)4)70-94-98(86,87)92-66-74(81)67-93-99(88,89)95-71-76(69-91-78(83)63-57-51-47-41-43-49-55-61-73(5)6)97-80(85)64-58-52-45-39-35-31-25-22-20-18-16-14-12-10-8-2/h18,20,22,25,72-76,81H,7-17,19,21,23-24,26-71H2,1-6H3,(H,86,87)(H,88,89)/b20-18-,25-22-/t74-,75-,76-/m1/s1. The van der Waals surface area contributed by atoms with Crippen LogP contribution in [-0.4, -0.2) is 96.7 Å². The molecule has 0 rings (SSSR count). The Morgan fingerprint density at radius 1 is 0.313 bits per heavy atom. The van der Waals surface area contributed by atoms with Gasteiger partial charge >= 0.3 is 39.5 Å². The molecule has 0 saturated heterocycles. The largest absolute Gasteiger partial charge is 0.472 e. The maximum absolute atomic E-state index is 13.1. The molecule has 0 aromatic rings. The molecule has 0 spiro atoms. The molecule has 0 aromatic carbocycles. The maximum Gasteiger partial charge on any atom is 0.472 e. The third-order valence-corrected chi connectivity index (χ3v) is 20.0. The van der Waals surface area contributed by atoms with Gasteiger partial charge < -0.3 is 33.8 Å². The predicted molar refractivity (Wildman–Crippen MR) is 404 cm³/mol. The predicted octanol–water partition coefficient (Wildman–Crippen LogP) is 23.4. The van der Waals surface area contributed by atoms with Crippen LogP contribution in [-0.2, 0) is 65.4 Å². The van der Waals surface area contributed by atoms with Crippen LogP contribution in [0.15, 0.2) is 24.3 Å². The number of phosphoric ester groups is 2. The monoisotopic (exact) mass is 1450 g/mol. The van der Waals surface area contributed by atoms with Crippen molar-refractivity contribution in [3.8, 4) is 0 Å². The van der Waals surface area contributed by atoms with Crippen molar-refractivity contribution in [2.75, 3.05) is 39.6 Å². The molecule has 17 nitrogen and oxygen atoms in total. The SMILES string of the molecule is CCCCCC/C=C\C=C/CCCCCCCC(=O)O[C@H](COC(=O)CCCCCCCCCC(C)C)COP(=O)(O)OC[C@H](O)COP(=O)(O)OC[C@@H](COC(=O)CCCCCCCCCCCCCCCCCC)OC(=O)CCCCCCCCCCCCCCCCCC(C)C. The van der Waals surface area contributed by atoms with Gasteiger partial charge in [-0.1, -0.05) is 342 Å². The molecule has 0 aromatic heterocycles. The van der Waals surface area contributed by atoms with Crippen LogP contribution >= 0.6 is 15.6 Å². The highest BCUT2D eigenvalue weighted by molar-refractivity contribution is 7.47. The molecule has 0 aliphatic heterocycles. The van der Waals surface area contributed by atoms with Crippen molar-refractivity contribution in [2.45, 2.75) is 413 Å². The molecule has 0 bridgehead atoms. The van der Waals surface area contributed by atoms with Crippen LogP contribution in [0.1, 0.15) is 395 Å². The normalized spacial score (nSPS) is 14.1. The summed E-state index contributed by atoms with van der Waals surface area (Å²) in [7, 11) is -9.93. The molecule has 0 aliphatic carbocycles. The minimum atomic E-state index is -4.97. The molecule has 99 heavy (non-hydrogen) atoms. The van der Waals surface area contributed by atoms with E-state index in [0.29, 0.717) is 31.6 Å². The van der Waals surface area contributed by atoms with Crippen LogP contribution in [0.5, 0.6) is 0 Å². The van der Waals surface area contributed by atoms with E-state index < -0.39 is 97.5 Å². The lowest BCUT2D eigenvalue weighted by atomic mass is 10.0. The quantitative estimate of drug-likeness (QED) is 0.0169. The molecule has 0 heterocycles. The smallest absolute Gasteiger partial charge is 0.462 e. The average Bonchev–Trinajstić information content (AvgIpc) is 0.973. The molecule has 0 radical (unpaired) electrons. The first kappa shape index (κ1) is 96.5. The van der Waals surface area contributed by atoms with Crippen molar-refractivity contribution in [1.29, 1.82) is 0 Å². The Morgan fingerprint density at radius 3 is 0.828 bits per heavy atom. The Bertz CT molecular complexity index is 2000. The minimum absolute atomic E-state index is 0.0844. The summed E-state index contributed by atoms with van der Waals surface area (Å²) in [5, 5.41) is 10.6. The second-order valence-electron chi connectivity index (χ2n) is 29.1. The molecule has 0 aliphatic rings. The van der Waals surface area contributed by atoms with Crippen LogP contribution in [0, 0.1) is 11.8 Å². The molecule has 0 amide bonds. The van der Waals surface area contributed by atoms with Gasteiger partial charge in [0.1, 0.15) is 19.3 Å². The van der Waals surface area contributed by atoms with E-state index in [4.69, 9.17) is 37.0 Å². The van der Waals surface area contributed by atoms with E-state index in [2.05, 4.69) is 65.8 Å². The Balaban J connectivity index is 5.28. The highest BCUT2D eigenvalue weighted by Crippen LogP contribution is 2.45. The van der Waals surface area contributed by atoms with Crippen LogP contribution in [0.4, 0.5) is 0 Å². The highest BCUT2D eigenvalue weighted by atomic mass is 31.2. The number of aliphatic hydroxyl groups is 1.